The van der Waals surface area contributed by atoms with Crippen molar-refractivity contribution in [3.05, 3.63) is 59.1 Å². The highest BCUT2D eigenvalue weighted by molar-refractivity contribution is 7.92. The smallest absolute Gasteiger partial charge is 0.261 e. The first-order valence-electron chi connectivity index (χ1n) is 9.04. The molecule has 1 aromatic heterocycles. The Morgan fingerprint density at radius 2 is 1.86 bits per heavy atom. The van der Waals surface area contributed by atoms with E-state index in [-0.39, 0.29) is 27.0 Å². The summed E-state index contributed by atoms with van der Waals surface area (Å²) in [6.45, 7) is 7.95. The van der Waals surface area contributed by atoms with Gasteiger partial charge in [-0.3, -0.25) is 4.72 Å². The van der Waals surface area contributed by atoms with Gasteiger partial charge in [-0.15, -0.1) is 10.2 Å². The number of aromatic nitrogens is 3. The lowest BCUT2D eigenvalue weighted by atomic mass is 9.85. The fraction of sp³-hybridized carbons (Fsp3) is 0.300. The molecular formula is C20H22ClFN4O2S. The molecule has 0 saturated carbocycles. The van der Waals surface area contributed by atoms with E-state index in [0.29, 0.717) is 12.1 Å². The molecule has 0 aliphatic carbocycles. The number of nitrogens with one attached hydrogen (secondary N) is 1. The molecule has 0 radical (unpaired) electrons. The standard InChI is InChI=1S/C20H22ClFN4O2S/c1-5-26-12-23-24-19(26)16-15(11-14(20(2,3)4)17(21)18(16)22)25-29(27,28)13-9-7-6-8-10-13/h6-12,25H,5H2,1-4H3. The van der Waals surface area contributed by atoms with Crippen LogP contribution in [0.2, 0.25) is 5.02 Å². The number of nitrogens with zero attached hydrogens (tertiary/aromatic N) is 3. The highest BCUT2D eigenvalue weighted by Gasteiger charge is 2.29. The highest BCUT2D eigenvalue weighted by atomic mass is 35.5. The number of benzene rings is 2. The van der Waals surface area contributed by atoms with E-state index >= 15 is 4.39 Å². The Hall–Kier alpha value is -2.45. The molecule has 1 heterocycles. The molecule has 29 heavy (non-hydrogen) atoms. The number of sulfonamides is 1. The summed E-state index contributed by atoms with van der Waals surface area (Å²) in [5.41, 5.74) is -0.0130. The average molecular weight is 437 g/mol. The van der Waals surface area contributed by atoms with Crippen LogP contribution in [0.25, 0.3) is 11.4 Å². The number of hydrogen-bond donors (Lipinski definition) is 1. The molecular weight excluding hydrogens is 415 g/mol. The van der Waals surface area contributed by atoms with Gasteiger partial charge in [0.05, 0.1) is 21.2 Å². The van der Waals surface area contributed by atoms with Gasteiger partial charge in [0.2, 0.25) is 0 Å². The van der Waals surface area contributed by atoms with Crippen LogP contribution in [0.4, 0.5) is 10.1 Å². The summed E-state index contributed by atoms with van der Waals surface area (Å²) >= 11 is 6.35. The molecule has 0 aliphatic rings. The zero-order valence-electron chi connectivity index (χ0n) is 16.6. The van der Waals surface area contributed by atoms with Crippen molar-refractivity contribution in [3.63, 3.8) is 0 Å². The van der Waals surface area contributed by atoms with Crippen molar-refractivity contribution in [2.45, 2.75) is 44.6 Å². The third-order valence-corrected chi connectivity index (χ3v) is 6.24. The second kappa shape index (κ2) is 7.76. The molecule has 0 atom stereocenters. The first-order chi connectivity index (χ1) is 13.6. The summed E-state index contributed by atoms with van der Waals surface area (Å²) in [6.07, 6.45) is 1.45. The van der Waals surface area contributed by atoms with Gasteiger partial charge in [0.25, 0.3) is 10.0 Å². The van der Waals surface area contributed by atoms with Crippen LogP contribution in [0.5, 0.6) is 0 Å². The number of rotatable bonds is 5. The minimum absolute atomic E-state index is 0.0399. The van der Waals surface area contributed by atoms with E-state index in [1.807, 2.05) is 27.7 Å². The predicted octanol–water partition coefficient (Wildman–Crippen LogP) is 4.86. The van der Waals surface area contributed by atoms with Crippen LogP contribution in [0, 0.1) is 5.82 Å². The minimum Gasteiger partial charge on any atom is -0.314 e. The molecule has 0 saturated heterocycles. The average Bonchev–Trinajstić information content (AvgIpc) is 3.12. The number of anilines is 1. The molecule has 3 aromatic rings. The van der Waals surface area contributed by atoms with Gasteiger partial charge in [0.1, 0.15) is 6.33 Å². The van der Waals surface area contributed by atoms with Crippen LogP contribution in [0.15, 0.2) is 47.6 Å². The Labute approximate surface area is 174 Å². The van der Waals surface area contributed by atoms with Gasteiger partial charge >= 0.3 is 0 Å². The summed E-state index contributed by atoms with van der Waals surface area (Å²) in [7, 11) is -3.96. The summed E-state index contributed by atoms with van der Waals surface area (Å²) in [5.74, 6) is -0.550. The Morgan fingerprint density at radius 1 is 1.21 bits per heavy atom. The maximum atomic E-state index is 15.5. The molecule has 3 rings (SSSR count). The van der Waals surface area contributed by atoms with Gasteiger partial charge in [0.15, 0.2) is 11.6 Å². The van der Waals surface area contributed by atoms with Crippen molar-refractivity contribution < 1.29 is 12.8 Å². The van der Waals surface area contributed by atoms with Crippen molar-refractivity contribution in [2.24, 2.45) is 0 Å². The number of halogens is 2. The molecule has 0 amide bonds. The van der Waals surface area contributed by atoms with E-state index in [9.17, 15) is 8.42 Å². The van der Waals surface area contributed by atoms with Gasteiger partial charge in [-0.25, -0.2) is 12.8 Å². The van der Waals surface area contributed by atoms with Crippen molar-refractivity contribution in [1.82, 2.24) is 14.8 Å². The van der Waals surface area contributed by atoms with E-state index in [0.717, 1.165) is 0 Å². The highest BCUT2D eigenvalue weighted by Crippen LogP contribution is 2.41. The summed E-state index contributed by atoms with van der Waals surface area (Å²) in [5, 5.41) is 7.76. The van der Waals surface area contributed by atoms with Gasteiger partial charge < -0.3 is 4.57 Å². The molecule has 1 N–H and O–H groups in total. The molecule has 0 aliphatic heterocycles. The summed E-state index contributed by atoms with van der Waals surface area (Å²) in [4.78, 5) is 0.0653. The van der Waals surface area contributed by atoms with Gasteiger partial charge in [0, 0.05) is 6.54 Å². The zero-order valence-corrected chi connectivity index (χ0v) is 18.1. The molecule has 0 bridgehead atoms. The van der Waals surface area contributed by atoms with E-state index in [4.69, 9.17) is 11.6 Å². The first kappa shape index (κ1) is 21.3. The van der Waals surface area contributed by atoms with Crippen molar-refractivity contribution in [3.8, 4) is 11.4 Å². The molecule has 9 heteroatoms. The maximum absolute atomic E-state index is 15.5. The Morgan fingerprint density at radius 3 is 2.45 bits per heavy atom. The van der Waals surface area contributed by atoms with Crippen LogP contribution < -0.4 is 4.72 Å². The van der Waals surface area contributed by atoms with E-state index in [1.54, 1.807) is 28.8 Å². The SMILES string of the molecule is CCn1cnnc1-c1c(NS(=O)(=O)c2ccccc2)cc(C(C)(C)C)c(Cl)c1F. The maximum Gasteiger partial charge on any atom is 0.261 e. The van der Waals surface area contributed by atoms with Crippen molar-refractivity contribution in [2.75, 3.05) is 4.72 Å². The molecule has 0 fully saturated rings. The number of aryl methyl sites for hydroxylation is 1. The quantitative estimate of drug-likeness (QED) is 0.619. The van der Waals surface area contributed by atoms with Crippen molar-refractivity contribution in [1.29, 1.82) is 0 Å². The Kier molecular flexibility index (Phi) is 5.69. The first-order valence-corrected chi connectivity index (χ1v) is 10.9. The molecule has 0 spiro atoms. The lowest BCUT2D eigenvalue weighted by Crippen LogP contribution is -2.18. The molecule has 2 aromatic carbocycles. The Bertz CT molecular complexity index is 1140. The second-order valence-electron chi connectivity index (χ2n) is 7.58. The van der Waals surface area contributed by atoms with Gasteiger partial charge in [-0.05, 0) is 36.1 Å². The van der Waals surface area contributed by atoms with E-state index in [2.05, 4.69) is 14.9 Å². The van der Waals surface area contributed by atoms with Crippen LogP contribution in [0.3, 0.4) is 0 Å². The van der Waals surface area contributed by atoms with Gasteiger partial charge in [-0.1, -0.05) is 50.6 Å². The van der Waals surface area contributed by atoms with E-state index in [1.165, 1.54) is 18.5 Å². The fourth-order valence-corrected chi connectivity index (χ4v) is 4.47. The van der Waals surface area contributed by atoms with Crippen LogP contribution in [0.1, 0.15) is 33.3 Å². The number of hydrogen-bond acceptors (Lipinski definition) is 4. The topological polar surface area (TPSA) is 76.9 Å². The lowest BCUT2D eigenvalue weighted by Gasteiger charge is -2.24. The van der Waals surface area contributed by atoms with E-state index < -0.39 is 21.3 Å². The van der Waals surface area contributed by atoms with Crippen LogP contribution in [-0.4, -0.2) is 23.2 Å². The predicted molar refractivity (Wildman–Crippen MR) is 112 cm³/mol. The summed E-state index contributed by atoms with van der Waals surface area (Å²) < 4.78 is 45.4. The minimum atomic E-state index is -3.96. The Balaban J connectivity index is 2.27. The molecule has 0 unspecified atom stereocenters. The van der Waals surface area contributed by atoms with Crippen LogP contribution >= 0.6 is 11.6 Å². The second-order valence-corrected chi connectivity index (χ2v) is 9.64. The lowest BCUT2D eigenvalue weighted by molar-refractivity contribution is 0.573. The monoisotopic (exact) mass is 436 g/mol. The zero-order chi connectivity index (χ0) is 21.4. The third kappa shape index (κ3) is 4.13. The van der Waals surface area contributed by atoms with Crippen LogP contribution in [-0.2, 0) is 22.0 Å². The summed E-state index contributed by atoms with van der Waals surface area (Å²) in [6, 6.07) is 9.45. The fourth-order valence-electron chi connectivity index (χ4n) is 2.95. The molecule has 6 nitrogen and oxygen atoms in total. The normalized spacial score (nSPS) is 12.2. The molecule has 154 valence electrons. The van der Waals surface area contributed by atoms with Gasteiger partial charge in [-0.2, -0.15) is 0 Å². The third-order valence-electron chi connectivity index (χ3n) is 4.49. The largest absolute Gasteiger partial charge is 0.314 e. The van der Waals surface area contributed by atoms with Crippen molar-refractivity contribution >= 4 is 27.3 Å².